The lowest BCUT2D eigenvalue weighted by Crippen LogP contribution is -2.02. The molecule has 0 saturated carbocycles. The molecule has 0 aliphatic carbocycles. The molecule has 0 saturated heterocycles. The van der Waals surface area contributed by atoms with Gasteiger partial charge in [-0.1, -0.05) is 23.2 Å². The number of benzene rings is 1. The molecule has 0 heterocycles. The predicted molar refractivity (Wildman–Crippen MR) is 66.8 cm³/mol. The normalized spacial score (nSPS) is 12.2. The molecule has 4 nitrogen and oxygen atoms in total. The number of aliphatic hydroxyl groups is 1. The third-order valence-electron chi connectivity index (χ3n) is 2.31. The van der Waals surface area contributed by atoms with Crippen LogP contribution in [0.3, 0.4) is 0 Å². The highest BCUT2D eigenvalue weighted by Gasteiger charge is 2.26. The van der Waals surface area contributed by atoms with Crippen molar-refractivity contribution in [1.82, 2.24) is 0 Å². The van der Waals surface area contributed by atoms with Crippen molar-refractivity contribution in [3.05, 3.63) is 15.6 Å². The Bertz CT molecular complexity index is 387. The minimum absolute atomic E-state index is 0.213. The van der Waals surface area contributed by atoms with Crippen LogP contribution >= 0.6 is 23.2 Å². The molecule has 1 atom stereocenters. The molecule has 6 heteroatoms. The number of methoxy groups -OCH3 is 3. The van der Waals surface area contributed by atoms with E-state index >= 15 is 0 Å². The summed E-state index contributed by atoms with van der Waals surface area (Å²) >= 11 is 12.2. The number of aliphatic hydroxyl groups excluding tert-OH is 1. The summed E-state index contributed by atoms with van der Waals surface area (Å²) in [6, 6.07) is 0. The van der Waals surface area contributed by atoms with Crippen LogP contribution in [0.2, 0.25) is 10.0 Å². The average molecular weight is 281 g/mol. The highest BCUT2D eigenvalue weighted by Crippen LogP contribution is 2.51. The summed E-state index contributed by atoms with van der Waals surface area (Å²) in [5.41, 5.74) is 0.350. The Balaban J connectivity index is 3.67. The van der Waals surface area contributed by atoms with Crippen LogP contribution < -0.4 is 14.2 Å². The van der Waals surface area contributed by atoms with Gasteiger partial charge in [-0.2, -0.15) is 0 Å². The van der Waals surface area contributed by atoms with E-state index in [4.69, 9.17) is 37.4 Å². The molecule has 1 aromatic carbocycles. The van der Waals surface area contributed by atoms with E-state index in [1.165, 1.54) is 21.3 Å². The summed E-state index contributed by atoms with van der Waals surface area (Å²) in [6.45, 7) is 1.55. The fourth-order valence-corrected chi connectivity index (χ4v) is 2.44. The molecular weight excluding hydrogens is 267 g/mol. The monoisotopic (exact) mass is 280 g/mol. The molecule has 1 N–H and O–H groups in total. The molecule has 0 spiro atoms. The van der Waals surface area contributed by atoms with Crippen LogP contribution in [-0.2, 0) is 0 Å². The van der Waals surface area contributed by atoms with Gasteiger partial charge in [-0.15, -0.1) is 0 Å². The predicted octanol–water partition coefficient (Wildman–Crippen LogP) is 3.07. The molecule has 0 aliphatic heterocycles. The zero-order chi connectivity index (χ0) is 13.2. The molecule has 0 bridgehead atoms. The van der Waals surface area contributed by atoms with Crippen molar-refractivity contribution in [2.24, 2.45) is 0 Å². The van der Waals surface area contributed by atoms with Gasteiger partial charge in [-0.3, -0.25) is 0 Å². The van der Waals surface area contributed by atoms with Gasteiger partial charge >= 0.3 is 0 Å². The molecule has 1 unspecified atom stereocenters. The minimum atomic E-state index is -0.844. The third kappa shape index (κ3) is 2.39. The second kappa shape index (κ2) is 5.67. The lowest BCUT2D eigenvalue weighted by Gasteiger charge is -2.19. The van der Waals surface area contributed by atoms with E-state index in [0.717, 1.165) is 0 Å². The highest BCUT2D eigenvalue weighted by molar-refractivity contribution is 6.38. The van der Waals surface area contributed by atoms with Gasteiger partial charge in [-0.25, -0.2) is 0 Å². The van der Waals surface area contributed by atoms with Crippen LogP contribution in [0.4, 0.5) is 0 Å². The van der Waals surface area contributed by atoms with E-state index in [1.54, 1.807) is 6.92 Å². The van der Waals surface area contributed by atoms with Crippen LogP contribution in [0.1, 0.15) is 18.6 Å². The van der Waals surface area contributed by atoms with Gasteiger partial charge < -0.3 is 19.3 Å². The molecule has 96 valence electrons. The second-order valence-electron chi connectivity index (χ2n) is 3.32. The van der Waals surface area contributed by atoms with Crippen LogP contribution in [0, 0.1) is 0 Å². The summed E-state index contributed by atoms with van der Waals surface area (Å²) in [5, 5.41) is 10.1. The fourth-order valence-electron chi connectivity index (χ4n) is 1.56. The van der Waals surface area contributed by atoms with E-state index in [1.807, 2.05) is 0 Å². The van der Waals surface area contributed by atoms with Crippen LogP contribution in [0.5, 0.6) is 17.2 Å². The van der Waals surface area contributed by atoms with Gasteiger partial charge in [0.25, 0.3) is 0 Å². The molecule has 0 aromatic heterocycles. The van der Waals surface area contributed by atoms with Crippen LogP contribution in [0.15, 0.2) is 0 Å². The largest absolute Gasteiger partial charge is 0.491 e. The average Bonchev–Trinajstić information content (AvgIpc) is 2.27. The van der Waals surface area contributed by atoms with Gasteiger partial charge in [0.15, 0.2) is 11.5 Å². The lowest BCUT2D eigenvalue weighted by atomic mass is 10.1. The Morgan fingerprint density at radius 2 is 1.24 bits per heavy atom. The quantitative estimate of drug-likeness (QED) is 0.921. The van der Waals surface area contributed by atoms with Crippen LogP contribution in [0.25, 0.3) is 0 Å². The molecule has 0 radical (unpaired) electrons. The molecule has 1 rings (SSSR count). The van der Waals surface area contributed by atoms with Gasteiger partial charge in [0, 0.05) is 5.56 Å². The topological polar surface area (TPSA) is 47.9 Å². The van der Waals surface area contributed by atoms with Crippen molar-refractivity contribution in [2.75, 3.05) is 21.3 Å². The SMILES string of the molecule is COc1c(Cl)c(C(C)O)c(Cl)c(OC)c1OC. The van der Waals surface area contributed by atoms with Gasteiger partial charge in [-0.05, 0) is 6.92 Å². The van der Waals surface area contributed by atoms with Crippen molar-refractivity contribution in [1.29, 1.82) is 0 Å². The first-order valence-corrected chi connectivity index (χ1v) is 5.60. The molecule has 1 aromatic rings. The Morgan fingerprint density at radius 1 is 0.882 bits per heavy atom. The summed E-state index contributed by atoms with van der Waals surface area (Å²) in [7, 11) is 4.35. The summed E-state index contributed by atoms with van der Waals surface area (Å²) in [6.07, 6.45) is -0.844. The Hall–Kier alpha value is -0.840. The van der Waals surface area contributed by atoms with E-state index in [0.29, 0.717) is 11.3 Å². The first-order chi connectivity index (χ1) is 7.99. The zero-order valence-electron chi connectivity index (χ0n) is 10.0. The van der Waals surface area contributed by atoms with Crippen LogP contribution in [-0.4, -0.2) is 26.4 Å². The van der Waals surface area contributed by atoms with Crippen molar-refractivity contribution in [3.8, 4) is 17.2 Å². The van der Waals surface area contributed by atoms with Crippen molar-refractivity contribution in [3.63, 3.8) is 0 Å². The maximum atomic E-state index is 9.67. The zero-order valence-corrected chi connectivity index (χ0v) is 11.5. The first kappa shape index (κ1) is 14.2. The number of ether oxygens (including phenoxy) is 3. The molecule has 0 fully saturated rings. The van der Waals surface area contributed by atoms with E-state index in [-0.39, 0.29) is 21.5 Å². The Labute approximate surface area is 110 Å². The Kier molecular flexibility index (Phi) is 4.74. The summed E-state index contributed by atoms with van der Waals surface area (Å²) in [5.74, 6) is 0.868. The Morgan fingerprint density at radius 3 is 1.47 bits per heavy atom. The van der Waals surface area contributed by atoms with E-state index in [9.17, 15) is 5.11 Å². The third-order valence-corrected chi connectivity index (χ3v) is 3.06. The number of hydrogen-bond donors (Lipinski definition) is 1. The first-order valence-electron chi connectivity index (χ1n) is 4.84. The number of halogens is 2. The second-order valence-corrected chi connectivity index (χ2v) is 4.07. The van der Waals surface area contributed by atoms with Crippen molar-refractivity contribution < 1.29 is 19.3 Å². The summed E-state index contributed by atoms with van der Waals surface area (Å²) in [4.78, 5) is 0. The van der Waals surface area contributed by atoms with Gasteiger partial charge in [0.1, 0.15) is 0 Å². The molecule has 0 aliphatic rings. The lowest BCUT2D eigenvalue weighted by molar-refractivity contribution is 0.198. The minimum Gasteiger partial charge on any atom is -0.491 e. The van der Waals surface area contributed by atoms with Crippen molar-refractivity contribution in [2.45, 2.75) is 13.0 Å². The van der Waals surface area contributed by atoms with E-state index in [2.05, 4.69) is 0 Å². The summed E-state index contributed by atoms with van der Waals surface area (Å²) < 4.78 is 15.5. The van der Waals surface area contributed by atoms with Gasteiger partial charge in [0.2, 0.25) is 5.75 Å². The molecule has 0 amide bonds. The van der Waals surface area contributed by atoms with Crippen molar-refractivity contribution >= 4 is 23.2 Å². The maximum Gasteiger partial charge on any atom is 0.206 e. The molecular formula is C11H14Cl2O4. The van der Waals surface area contributed by atoms with Gasteiger partial charge in [0.05, 0.1) is 37.5 Å². The fraction of sp³-hybridized carbons (Fsp3) is 0.455. The maximum absolute atomic E-state index is 9.67. The standard InChI is InChI=1S/C11H14Cl2O4/c1-5(14)6-7(12)9(15-2)11(17-4)10(16-3)8(6)13/h5,14H,1-4H3. The van der Waals surface area contributed by atoms with E-state index < -0.39 is 6.10 Å². The number of rotatable bonds is 4. The highest BCUT2D eigenvalue weighted by atomic mass is 35.5. The molecule has 17 heavy (non-hydrogen) atoms. The smallest absolute Gasteiger partial charge is 0.206 e. The number of hydrogen-bond acceptors (Lipinski definition) is 4.